The molecule has 0 bridgehead atoms. The second kappa shape index (κ2) is 3.44. The molecule has 1 aliphatic rings. The summed E-state index contributed by atoms with van der Waals surface area (Å²) in [6, 6.07) is 18.6. The van der Waals surface area contributed by atoms with Crippen LogP contribution in [0.1, 0.15) is 0 Å². The van der Waals surface area contributed by atoms with Gasteiger partial charge < -0.3 is 4.74 Å². The fraction of sp³-hybridized carbons (Fsp3) is 0. The standard InChI is InChI=1S/C18H9ClO/c19-13-8-12-7-6-11-5-4-10-2-1-3-14-16(10)18(11)17(12)15(9-13)20-14/h1-9H. The number of hydrogen-bond acceptors (Lipinski definition) is 1. The Balaban J connectivity index is 2.22. The van der Waals surface area contributed by atoms with Crippen molar-refractivity contribution in [2.24, 2.45) is 0 Å². The van der Waals surface area contributed by atoms with E-state index in [0.29, 0.717) is 5.02 Å². The molecule has 20 heavy (non-hydrogen) atoms. The van der Waals surface area contributed by atoms with Gasteiger partial charge in [0.1, 0.15) is 11.5 Å². The van der Waals surface area contributed by atoms with Crippen LogP contribution >= 0.6 is 11.6 Å². The zero-order chi connectivity index (χ0) is 13.3. The fourth-order valence-electron chi connectivity index (χ4n) is 3.23. The van der Waals surface area contributed by atoms with E-state index in [4.69, 9.17) is 16.3 Å². The Hall–Kier alpha value is -2.25. The minimum absolute atomic E-state index is 0.707. The molecule has 0 aliphatic carbocycles. The lowest BCUT2D eigenvalue weighted by molar-refractivity contribution is 0.493. The molecule has 0 saturated carbocycles. The van der Waals surface area contributed by atoms with E-state index in [2.05, 4.69) is 30.3 Å². The summed E-state index contributed by atoms with van der Waals surface area (Å²) in [5.74, 6) is 1.76. The highest BCUT2D eigenvalue weighted by atomic mass is 35.5. The van der Waals surface area contributed by atoms with Crippen molar-refractivity contribution in [1.82, 2.24) is 0 Å². The molecule has 1 nitrogen and oxygen atoms in total. The van der Waals surface area contributed by atoms with E-state index in [0.717, 1.165) is 22.3 Å². The lowest BCUT2D eigenvalue weighted by Gasteiger charge is -2.20. The molecule has 0 saturated heterocycles. The topological polar surface area (TPSA) is 9.23 Å². The Labute approximate surface area is 120 Å². The number of halogens is 1. The zero-order valence-electron chi connectivity index (χ0n) is 10.5. The van der Waals surface area contributed by atoms with Crippen LogP contribution in [-0.4, -0.2) is 0 Å². The van der Waals surface area contributed by atoms with E-state index in [1.807, 2.05) is 24.3 Å². The van der Waals surface area contributed by atoms with Gasteiger partial charge in [0, 0.05) is 27.2 Å². The van der Waals surface area contributed by atoms with Crippen LogP contribution in [0.5, 0.6) is 11.5 Å². The highest BCUT2D eigenvalue weighted by molar-refractivity contribution is 6.33. The van der Waals surface area contributed by atoms with Crippen molar-refractivity contribution < 1.29 is 4.74 Å². The van der Waals surface area contributed by atoms with E-state index < -0.39 is 0 Å². The molecule has 0 fully saturated rings. The molecule has 4 aromatic carbocycles. The maximum atomic E-state index is 6.20. The molecule has 0 spiro atoms. The largest absolute Gasteiger partial charge is 0.456 e. The van der Waals surface area contributed by atoms with Crippen LogP contribution in [0.25, 0.3) is 32.3 Å². The average molecular weight is 277 g/mol. The Morgan fingerprint density at radius 3 is 2.20 bits per heavy atom. The Kier molecular flexibility index (Phi) is 1.81. The molecule has 0 aromatic heterocycles. The first-order chi connectivity index (χ1) is 9.81. The second-order valence-corrected chi connectivity index (χ2v) is 5.62. The minimum atomic E-state index is 0.707. The SMILES string of the molecule is Clc1cc2c3c(ccc4ccc5cccc(c5c43)O2)c1. The van der Waals surface area contributed by atoms with Crippen molar-refractivity contribution in [2.45, 2.75) is 0 Å². The summed E-state index contributed by atoms with van der Waals surface area (Å²) in [5, 5.41) is 7.92. The van der Waals surface area contributed by atoms with Gasteiger partial charge in [-0.3, -0.25) is 0 Å². The summed E-state index contributed by atoms with van der Waals surface area (Å²) in [6.45, 7) is 0. The lowest BCUT2D eigenvalue weighted by atomic mass is 9.94. The summed E-state index contributed by atoms with van der Waals surface area (Å²) in [4.78, 5) is 0. The van der Waals surface area contributed by atoms with Crippen molar-refractivity contribution in [1.29, 1.82) is 0 Å². The van der Waals surface area contributed by atoms with E-state index in [9.17, 15) is 0 Å². The predicted molar refractivity (Wildman–Crippen MR) is 84.0 cm³/mol. The Morgan fingerprint density at radius 2 is 1.35 bits per heavy atom. The highest BCUT2D eigenvalue weighted by Crippen LogP contribution is 2.47. The number of ether oxygens (including phenoxy) is 1. The van der Waals surface area contributed by atoms with Crippen LogP contribution in [0.15, 0.2) is 54.6 Å². The van der Waals surface area contributed by atoms with Crippen molar-refractivity contribution in [3.63, 3.8) is 0 Å². The van der Waals surface area contributed by atoms with E-state index in [1.54, 1.807) is 0 Å². The molecule has 0 N–H and O–H groups in total. The molecular formula is C18H9ClO. The number of benzene rings is 4. The molecule has 0 radical (unpaired) electrons. The minimum Gasteiger partial charge on any atom is -0.456 e. The van der Waals surface area contributed by atoms with Gasteiger partial charge >= 0.3 is 0 Å². The molecule has 5 rings (SSSR count). The van der Waals surface area contributed by atoms with Crippen molar-refractivity contribution in [3.05, 3.63) is 59.6 Å². The average Bonchev–Trinajstić information content (AvgIpc) is 2.46. The normalized spacial score (nSPS) is 12.7. The molecule has 1 aliphatic heterocycles. The van der Waals surface area contributed by atoms with Crippen molar-refractivity contribution >= 4 is 43.9 Å². The van der Waals surface area contributed by atoms with Gasteiger partial charge in [-0.2, -0.15) is 0 Å². The van der Waals surface area contributed by atoms with Crippen LogP contribution in [0.4, 0.5) is 0 Å². The van der Waals surface area contributed by atoms with Crippen LogP contribution in [0.2, 0.25) is 5.02 Å². The first kappa shape index (κ1) is 10.5. The van der Waals surface area contributed by atoms with Crippen molar-refractivity contribution in [3.8, 4) is 11.5 Å². The van der Waals surface area contributed by atoms with E-state index in [1.165, 1.54) is 21.5 Å². The first-order valence-corrected chi connectivity index (χ1v) is 6.95. The number of hydrogen-bond donors (Lipinski definition) is 0. The van der Waals surface area contributed by atoms with Gasteiger partial charge in [-0.05, 0) is 28.3 Å². The monoisotopic (exact) mass is 276 g/mol. The van der Waals surface area contributed by atoms with Gasteiger partial charge in [0.15, 0.2) is 0 Å². The quantitative estimate of drug-likeness (QED) is 0.320. The number of rotatable bonds is 0. The molecule has 0 atom stereocenters. The summed E-state index contributed by atoms with van der Waals surface area (Å²) >= 11 is 6.20. The summed E-state index contributed by atoms with van der Waals surface area (Å²) in [6.07, 6.45) is 0. The zero-order valence-corrected chi connectivity index (χ0v) is 11.2. The van der Waals surface area contributed by atoms with Gasteiger partial charge in [-0.25, -0.2) is 0 Å². The maximum Gasteiger partial charge on any atom is 0.137 e. The molecule has 0 unspecified atom stereocenters. The maximum absolute atomic E-state index is 6.20. The van der Waals surface area contributed by atoms with Gasteiger partial charge in [0.05, 0.1) is 0 Å². The summed E-state index contributed by atoms with van der Waals surface area (Å²) in [5.41, 5.74) is 0. The second-order valence-electron chi connectivity index (χ2n) is 5.19. The highest BCUT2D eigenvalue weighted by Gasteiger charge is 2.19. The van der Waals surface area contributed by atoms with Gasteiger partial charge in [-0.15, -0.1) is 0 Å². The molecule has 2 heteroatoms. The summed E-state index contributed by atoms with van der Waals surface area (Å²) in [7, 11) is 0. The third-order valence-corrected chi connectivity index (χ3v) is 4.27. The fourth-order valence-corrected chi connectivity index (χ4v) is 3.45. The molecular weight excluding hydrogens is 268 g/mol. The Morgan fingerprint density at radius 1 is 0.650 bits per heavy atom. The van der Waals surface area contributed by atoms with Crippen LogP contribution < -0.4 is 4.74 Å². The van der Waals surface area contributed by atoms with Gasteiger partial charge in [-0.1, -0.05) is 48.0 Å². The Bertz CT molecular complexity index is 1030. The predicted octanol–water partition coefficient (Wildman–Crippen LogP) is 5.91. The molecule has 4 aromatic rings. The van der Waals surface area contributed by atoms with E-state index >= 15 is 0 Å². The molecule has 0 amide bonds. The first-order valence-electron chi connectivity index (χ1n) is 6.57. The van der Waals surface area contributed by atoms with Gasteiger partial charge in [0.2, 0.25) is 0 Å². The molecule has 94 valence electrons. The van der Waals surface area contributed by atoms with Crippen molar-refractivity contribution in [2.75, 3.05) is 0 Å². The van der Waals surface area contributed by atoms with Gasteiger partial charge in [0.25, 0.3) is 0 Å². The summed E-state index contributed by atoms with van der Waals surface area (Å²) < 4.78 is 6.08. The third kappa shape index (κ3) is 1.19. The lowest BCUT2D eigenvalue weighted by Crippen LogP contribution is -1.95. The smallest absolute Gasteiger partial charge is 0.137 e. The van der Waals surface area contributed by atoms with Crippen LogP contribution in [0, 0.1) is 0 Å². The van der Waals surface area contributed by atoms with Crippen LogP contribution in [-0.2, 0) is 0 Å². The third-order valence-electron chi connectivity index (χ3n) is 4.05. The van der Waals surface area contributed by atoms with Crippen LogP contribution in [0.3, 0.4) is 0 Å². The van der Waals surface area contributed by atoms with E-state index in [-0.39, 0.29) is 0 Å². The molecule has 1 heterocycles.